The van der Waals surface area contributed by atoms with E-state index in [1.165, 1.54) is 39.5 Å². The number of carbonyl (C=O) groups is 2. The zero-order valence-electron chi connectivity index (χ0n) is 21.5. The Morgan fingerprint density at radius 2 is 1.79 bits per heavy atom. The maximum Gasteiger partial charge on any atom is 0.273 e. The molecule has 1 unspecified atom stereocenters. The highest BCUT2D eigenvalue weighted by Gasteiger charge is 2.27. The monoisotopic (exact) mass is 527 g/mol. The van der Waals surface area contributed by atoms with Crippen molar-refractivity contribution in [3.05, 3.63) is 70.9 Å². The van der Waals surface area contributed by atoms with Gasteiger partial charge in [-0.25, -0.2) is 4.39 Å². The van der Waals surface area contributed by atoms with E-state index in [0.717, 1.165) is 18.4 Å². The van der Waals surface area contributed by atoms with Crippen LogP contribution in [-0.2, 0) is 17.8 Å². The fourth-order valence-corrected chi connectivity index (χ4v) is 4.20. The highest BCUT2D eigenvalue weighted by molar-refractivity contribution is 5.96. The largest absolute Gasteiger partial charge is 0.493 e. The van der Waals surface area contributed by atoms with Gasteiger partial charge in [-0.3, -0.25) is 9.59 Å². The summed E-state index contributed by atoms with van der Waals surface area (Å²) in [6, 6.07) is 10.5. The molecule has 38 heavy (non-hydrogen) atoms. The van der Waals surface area contributed by atoms with E-state index in [9.17, 15) is 14.0 Å². The molecule has 10 nitrogen and oxygen atoms in total. The minimum Gasteiger partial charge on any atom is -0.493 e. The maximum absolute atomic E-state index is 13.6. The summed E-state index contributed by atoms with van der Waals surface area (Å²) in [6.07, 6.45) is 1.62. The molecular weight excluding hydrogens is 497 g/mol. The van der Waals surface area contributed by atoms with Crippen LogP contribution in [0.1, 0.15) is 45.0 Å². The Kier molecular flexibility index (Phi) is 8.80. The molecule has 1 atom stereocenters. The molecule has 3 aromatic rings. The van der Waals surface area contributed by atoms with E-state index in [2.05, 4.69) is 10.5 Å². The van der Waals surface area contributed by atoms with Gasteiger partial charge < -0.3 is 33.7 Å². The van der Waals surface area contributed by atoms with Gasteiger partial charge in [-0.05, 0) is 42.7 Å². The minimum absolute atomic E-state index is 0.0631. The van der Waals surface area contributed by atoms with Gasteiger partial charge in [-0.2, -0.15) is 0 Å². The minimum atomic E-state index is -0.453. The van der Waals surface area contributed by atoms with E-state index >= 15 is 0 Å². The number of halogens is 1. The molecule has 2 amide bonds. The number of hydrogen-bond acceptors (Lipinski definition) is 8. The lowest BCUT2D eigenvalue weighted by molar-refractivity contribution is 0.0486. The first-order chi connectivity index (χ1) is 18.4. The average Bonchev–Trinajstić information content (AvgIpc) is 3.63. The van der Waals surface area contributed by atoms with Crippen molar-refractivity contribution in [3.63, 3.8) is 0 Å². The summed E-state index contributed by atoms with van der Waals surface area (Å²) in [4.78, 5) is 27.8. The lowest BCUT2D eigenvalue weighted by Gasteiger charge is -2.25. The number of ether oxygens (including phenoxy) is 4. The Morgan fingerprint density at radius 3 is 2.39 bits per heavy atom. The van der Waals surface area contributed by atoms with Crippen LogP contribution in [-0.4, -0.2) is 62.5 Å². The van der Waals surface area contributed by atoms with Crippen LogP contribution in [0.4, 0.5) is 4.39 Å². The average molecular weight is 528 g/mol. The van der Waals surface area contributed by atoms with Crippen molar-refractivity contribution >= 4 is 11.8 Å². The van der Waals surface area contributed by atoms with Crippen molar-refractivity contribution in [2.45, 2.75) is 32.0 Å². The first-order valence-electron chi connectivity index (χ1n) is 12.1. The third-order valence-electron chi connectivity index (χ3n) is 6.15. The SMILES string of the molecule is COc1cc(C(=O)N(Cc2cc(C(=O)NCc3ccc(F)cc3)no2)CC2CCCO2)cc(OC)c1OC. The molecule has 1 aliphatic rings. The summed E-state index contributed by atoms with van der Waals surface area (Å²) in [5, 5.41) is 6.58. The van der Waals surface area contributed by atoms with Crippen LogP contribution < -0.4 is 19.5 Å². The van der Waals surface area contributed by atoms with E-state index in [1.54, 1.807) is 29.2 Å². The number of nitrogens with zero attached hydrogens (tertiary/aromatic N) is 2. The molecule has 1 saturated heterocycles. The second-order valence-corrected chi connectivity index (χ2v) is 8.72. The normalized spacial score (nSPS) is 14.7. The van der Waals surface area contributed by atoms with Crippen LogP contribution >= 0.6 is 0 Å². The number of carbonyl (C=O) groups excluding carboxylic acids is 2. The molecule has 1 N–H and O–H groups in total. The van der Waals surface area contributed by atoms with Gasteiger partial charge in [0, 0.05) is 31.3 Å². The van der Waals surface area contributed by atoms with Crippen molar-refractivity contribution in [3.8, 4) is 17.2 Å². The number of methoxy groups -OCH3 is 3. The van der Waals surface area contributed by atoms with Gasteiger partial charge >= 0.3 is 0 Å². The maximum atomic E-state index is 13.6. The molecule has 0 aliphatic carbocycles. The van der Waals surface area contributed by atoms with Gasteiger partial charge in [0.2, 0.25) is 5.75 Å². The van der Waals surface area contributed by atoms with Crippen LogP contribution in [0.2, 0.25) is 0 Å². The van der Waals surface area contributed by atoms with E-state index in [4.69, 9.17) is 23.5 Å². The van der Waals surface area contributed by atoms with Gasteiger partial charge in [0.25, 0.3) is 11.8 Å². The lowest BCUT2D eigenvalue weighted by Crippen LogP contribution is -2.37. The Labute approximate surface area is 219 Å². The zero-order chi connectivity index (χ0) is 27.1. The van der Waals surface area contributed by atoms with Gasteiger partial charge in [0.1, 0.15) is 5.82 Å². The number of rotatable bonds is 11. The predicted molar refractivity (Wildman–Crippen MR) is 134 cm³/mol. The summed E-state index contributed by atoms with van der Waals surface area (Å²) in [6.45, 7) is 1.22. The number of benzene rings is 2. The second kappa shape index (κ2) is 12.4. The number of aromatic nitrogens is 1. The van der Waals surface area contributed by atoms with Crippen molar-refractivity contribution < 1.29 is 37.5 Å². The summed E-state index contributed by atoms with van der Waals surface area (Å²) in [5.41, 5.74) is 1.14. The van der Waals surface area contributed by atoms with Crippen molar-refractivity contribution in [2.24, 2.45) is 0 Å². The van der Waals surface area contributed by atoms with Gasteiger partial charge in [0.15, 0.2) is 23.0 Å². The van der Waals surface area contributed by atoms with Gasteiger partial charge in [-0.1, -0.05) is 17.3 Å². The van der Waals surface area contributed by atoms with Crippen LogP contribution in [0.3, 0.4) is 0 Å². The quantitative estimate of drug-likeness (QED) is 0.403. The van der Waals surface area contributed by atoms with Crippen LogP contribution in [0.5, 0.6) is 17.2 Å². The molecule has 4 rings (SSSR count). The number of nitrogens with one attached hydrogen (secondary N) is 1. The Morgan fingerprint density at radius 1 is 1.08 bits per heavy atom. The molecule has 2 heterocycles. The van der Waals surface area contributed by atoms with Crippen molar-refractivity contribution in [1.29, 1.82) is 0 Å². The molecule has 11 heteroatoms. The topological polar surface area (TPSA) is 112 Å². The smallest absolute Gasteiger partial charge is 0.273 e. The van der Waals surface area contributed by atoms with Crippen LogP contribution in [0.15, 0.2) is 47.0 Å². The lowest BCUT2D eigenvalue weighted by atomic mass is 10.1. The molecule has 1 aromatic heterocycles. The molecule has 202 valence electrons. The molecule has 0 spiro atoms. The van der Waals surface area contributed by atoms with E-state index in [0.29, 0.717) is 41.7 Å². The van der Waals surface area contributed by atoms with Crippen LogP contribution in [0.25, 0.3) is 0 Å². The van der Waals surface area contributed by atoms with E-state index < -0.39 is 5.91 Å². The molecule has 0 bridgehead atoms. The van der Waals surface area contributed by atoms with E-state index in [1.807, 2.05) is 0 Å². The Balaban J connectivity index is 1.50. The second-order valence-electron chi connectivity index (χ2n) is 8.72. The summed E-state index contributed by atoms with van der Waals surface area (Å²) in [5.74, 6) is 0.304. The van der Waals surface area contributed by atoms with Crippen LogP contribution in [0, 0.1) is 5.82 Å². The number of hydrogen-bond donors (Lipinski definition) is 1. The third kappa shape index (κ3) is 6.41. The van der Waals surface area contributed by atoms with Crippen molar-refractivity contribution in [1.82, 2.24) is 15.4 Å². The first kappa shape index (κ1) is 26.9. The number of amides is 2. The first-order valence-corrected chi connectivity index (χ1v) is 12.1. The summed E-state index contributed by atoms with van der Waals surface area (Å²) < 4.78 is 40.4. The molecule has 1 aliphatic heterocycles. The summed E-state index contributed by atoms with van der Waals surface area (Å²) >= 11 is 0. The van der Waals surface area contributed by atoms with Crippen molar-refractivity contribution in [2.75, 3.05) is 34.5 Å². The highest BCUT2D eigenvalue weighted by atomic mass is 19.1. The van der Waals surface area contributed by atoms with E-state index in [-0.39, 0.29) is 36.6 Å². The van der Waals surface area contributed by atoms with Gasteiger partial charge in [0.05, 0.1) is 34.0 Å². The molecule has 2 aromatic carbocycles. The zero-order valence-corrected chi connectivity index (χ0v) is 21.5. The standard InChI is InChI=1S/C27H30FN3O7/c1-34-23-11-18(12-24(35-2)25(23)36-3)27(33)31(15-20-5-4-10-37-20)16-21-13-22(30-38-21)26(32)29-14-17-6-8-19(28)9-7-17/h6-9,11-13,20H,4-5,10,14-16H2,1-3H3,(H,29,32). The van der Waals surface area contributed by atoms with Gasteiger partial charge in [-0.15, -0.1) is 0 Å². The molecule has 0 radical (unpaired) electrons. The Bertz CT molecular complexity index is 1230. The third-order valence-corrected chi connectivity index (χ3v) is 6.15. The highest BCUT2D eigenvalue weighted by Crippen LogP contribution is 2.38. The Hall–Kier alpha value is -4.12. The predicted octanol–water partition coefficient (Wildman–Crippen LogP) is 3.59. The fraction of sp³-hybridized carbons (Fsp3) is 0.370. The molecular formula is C27H30FN3O7. The molecule has 0 saturated carbocycles. The fourth-order valence-electron chi connectivity index (χ4n) is 4.20. The molecule has 1 fully saturated rings. The summed E-state index contributed by atoms with van der Waals surface area (Å²) in [7, 11) is 4.45.